The minimum atomic E-state index is -0.729. The molecular weight excluding hydrogens is 386 g/mol. The highest BCUT2D eigenvalue weighted by Gasteiger charge is 2.38. The number of likely N-dealkylation sites (tertiary alicyclic amines) is 1. The summed E-state index contributed by atoms with van der Waals surface area (Å²) in [6, 6.07) is 6.28. The molecule has 4 rings (SSSR count). The van der Waals surface area contributed by atoms with Crippen molar-refractivity contribution in [2.45, 2.75) is 57.0 Å². The van der Waals surface area contributed by atoms with E-state index in [1.807, 2.05) is 12.1 Å². The van der Waals surface area contributed by atoms with E-state index in [-0.39, 0.29) is 30.9 Å². The van der Waals surface area contributed by atoms with Gasteiger partial charge in [-0.3, -0.25) is 19.3 Å². The van der Waals surface area contributed by atoms with Gasteiger partial charge in [-0.15, -0.1) is 0 Å². The number of hydrogen-bond acceptors (Lipinski definition) is 5. The molecule has 2 atom stereocenters. The molecule has 8 heteroatoms. The third-order valence-corrected chi connectivity index (χ3v) is 6.17. The molecule has 0 unspecified atom stereocenters. The topological polar surface area (TPSA) is 119 Å². The van der Waals surface area contributed by atoms with Gasteiger partial charge >= 0.3 is 5.97 Å². The fraction of sp³-hybridized carbons (Fsp3) is 0.591. The number of aryl methyl sites for hydroxylation is 1. The fourth-order valence-corrected chi connectivity index (χ4v) is 4.56. The van der Waals surface area contributed by atoms with Gasteiger partial charge in [-0.25, -0.2) is 0 Å². The monoisotopic (exact) mass is 417 g/mol. The second kappa shape index (κ2) is 10.4. The first-order chi connectivity index (χ1) is 14.5. The zero-order valence-electron chi connectivity index (χ0n) is 17.2. The van der Waals surface area contributed by atoms with Gasteiger partial charge in [0.25, 0.3) is 12.4 Å². The van der Waals surface area contributed by atoms with E-state index in [4.69, 9.17) is 9.90 Å². The van der Waals surface area contributed by atoms with Gasteiger partial charge in [-0.2, -0.15) is 0 Å². The Balaban J connectivity index is 0.000000806. The Morgan fingerprint density at radius 2 is 1.93 bits per heavy atom. The summed E-state index contributed by atoms with van der Waals surface area (Å²) in [5.74, 6) is -0.0512. The van der Waals surface area contributed by atoms with E-state index in [9.17, 15) is 14.7 Å². The van der Waals surface area contributed by atoms with Crippen LogP contribution in [0.25, 0.3) is 0 Å². The number of aliphatic carboxylic acids is 1. The van der Waals surface area contributed by atoms with Crippen molar-refractivity contribution in [2.24, 2.45) is 5.92 Å². The lowest BCUT2D eigenvalue weighted by Crippen LogP contribution is -2.44. The Bertz CT molecular complexity index is 765. The summed E-state index contributed by atoms with van der Waals surface area (Å²) in [5, 5.41) is 22.6. The van der Waals surface area contributed by atoms with E-state index in [0.29, 0.717) is 12.5 Å². The van der Waals surface area contributed by atoms with Crippen LogP contribution >= 0.6 is 0 Å². The normalized spacial score (nSPS) is 22.8. The number of nitrogens with zero attached hydrogens (tertiary/aromatic N) is 1. The van der Waals surface area contributed by atoms with E-state index >= 15 is 0 Å². The van der Waals surface area contributed by atoms with Crippen LogP contribution in [0.3, 0.4) is 0 Å². The Morgan fingerprint density at radius 1 is 1.20 bits per heavy atom. The summed E-state index contributed by atoms with van der Waals surface area (Å²) in [4.78, 5) is 34.7. The van der Waals surface area contributed by atoms with Gasteiger partial charge in [0.15, 0.2) is 0 Å². The number of rotatable bonds is 7. The van der Waals surface area contributed by atoms with Gasteiger partial charge in [0.1, 0.15) is 0 Å². The van der Waals surface area contributed by atoms with E-state index in [1.54, 1.807) is 0 Å². The second-order valence-corrected chi connectivity index (χ2v) is 8.31. The van der Waals surface area contributed by atoms with Crippen LogP contribution in [0, 0.1) is 5.92 Å². The number of fused-ring (bicyclic) bond motifs is 1. The van der Waals surface area contributed by atoms with Crippen molar-refractivity contribution in [1.82, 2.24) is 10.2 Å². The van der Waals surface area contributed by atoms with Crippen LogP contribution in [0.4, 0.5) is 5.69 Å². The summed E-state index contributed by atoms with van der Waals surface area (Å²) in [7, 11) is 0. The third-order valence-electron chi connectivity index (χ3n) is 6.17. The SMILES string of the molecule is O=C(O)C[C@H]1CC[C@@H](CNC(=O)c2cccc3c2NCCC3)N1CC1CC1.O=CO. The summed E-state index contributed by atoms with van der Waals surface area (Å²) in [6.07, 6.45) is 6.67. The number of carboxylic acid groups (broad SMARTS) is 2. The zero-order valence-corrected chi connectivity index (χ0v) is 17.2. The number of carbonyl (C=O) groups is 3. The highest BCUT2D eigenvalue weighted by molar-refractivity contribution is 6.00. The number of amides is 1. The lowest BCUT2D eigenvalue weighted by atomic mass is 9.99. The largest absolute Gasteiger partial charge is 0.483 e. The number of carboxylic acids is 1. The summed E-state index contributed by atoms with van der Waals surface area (Å²) in [5.41, 5.74) is 2.92. The number of benzene rings is 1. The molecule has 3 aliphatic rings. The van der Waals surface area contributed by atoms with Crippen molar-refractivity contribution in [3.05, 3.63) is 29.3 Å². The van der Waals surface area contributed by atoms with Crippen LogP contribution < -0.4 is 10.6 Å². The number of hydrogen-bond donors (Lipinski definition) is 4. The molecule has 8 nitrogen and oxygen atoms in total. The average Bonchev–Trinajstić information content (AvgIpc) is 3.48. The molecular formula is C22H31N3O5. The first-order valence-corrected chi connectivity index (χ1v) is 10.7. The molecule has 2 fully saturated rings. The van der Waals surface area contributed by atoms with Gasteiger partial charge in [-0.05, 0) is 56.1 Å². The lowest BCUT2D eigenvalue weighted by Gasteiger charge is -2.30. The molecule has 1 aliphatic carbocycles. The molecule has 4 N–H and O–H groups in total. The van der Waals surface area contributed by atoms with Crippen LogP contribution in [0.5, 0.6) is 0 Å². The van der Waals surface area contributed by atoms with Gasteiger partial charge in [0.05, 0.1) is 17.7 Å². The minimum Gasteiger partial charge on any atom is -0.483 e. The number of para-hydroxylation sites is 1. The Labute approximate surface area is 176 Å². The van der Waals surface area contributed by atoms with Crippen molar-refractivity contribution in [3.63, 3.8) is 0 Å². The van der Waals surface area contributed by atoms with Crippen LogP contribution in [-0.2, 0) is 16.0 Å². The minimum absolute atomic E-state index is 0.0330. The maximum atomic E-state index is 12.8. The summed E-state index contributed by atoms with van der Waals surface area (Å²) in [6.45, 7) is 2.22. The zero-order chi connectivity index (χ0) is 21.5. The second-order valence-electron chi connectivity index (χ2n) is 8.31. The van der Waals surface area contributed by atoms with Crippen molar-refractivity contribution in [2.75, 3.05) is 25.0 Å². The first-order valence-electron chi connectivity index (χ1n) is 10.7. The summed E-state index contributed by atoms with van der Waals surface area (Å²) >= 11 is 0. The van der Waals surface area contributed by atoms with Gasteiger partial charge in [0.2, 0.25) is 0 Å². The molecule has 0 radical (unpaired) electrons. The number of anilines is 1. The maximum Gasteiger partial charge on any atom is 0.304 e. The lowest BCUT2D eigenvalue weighted by molar-refractivity contribution is -0.138. The van der Waals surface area contributed by atoms with Gasteiger partial charge in [-0.1, -0.05) is 12.1 Å². The molecule has 164 valence electrons. The van der Waals surface area contributed by atoms with Crippen LogP contribution in [0.2, 0.25) is 0 Å². The molecule has 30 heavy (non-hydrogen) atoms. The highest BCUT2D eigenvalue weighted by atomic mass is 16.4. The average molecular weight is 418 g/mol. The first kappa shape index (κ1) is 22.1. The van der Waals surface area contributed by atoms with Gasteiger partial charge < -0.3 is 20.8 Å². The smallest absolute Gasteiger partial charge is 0.304 e. The van der Waals surface area contributed by atoms with Crippen molar-refractivity contribution in [1.29, 1.82) is 0 Å². The quantitative estimate of drug-likeness (QED) is 0.502. The Morgan fingerprint density at radius 3 is 2.63 bits per heavy atom. The molecule has 1 aromatic rings. The molecule has 2 heterocycles. The van der Waals surface area contributed by atoms with Crippen molar-refractivity contribution in [3.8, 4) is 0 Å². The van der Waals surface area contributed by atoms with Gasteiger partial charge in [0, 0.05) is 31.7 Å². The van der Waals surface area contributed by atoms with E-state index in [0.717, 1.165) is 50.0 Å². The Hall–Kier alpha value is -2.61. The maximum absolute atomic E-state index is 12.8. The summed E-state index contributed by atoms with van der Waals surface area (Å²) < 4.78 is 0. The molecule has 1 saturated carbocycles. The molecule has 2 aliphatic heterocycles. The van der Waals surface area contributed by atoms with E-state index < -0.39 is 5.97 Å². The van der Waals surface area contributed by atoms with E-state index in [1.165, 1.54) is 18.4 Å². The van der Waals surface area contributed by atoms with E-state index in [2.05, 4.69) is 21.6 Å². The molecule has 0 aromatic heterocycles. The van der Waals surface area contributed by atoms with Crippen molar-refractivity contribution >= 4 is 24.0 Å². The molecule has 1 aromatic carbocycles. The predicted molar refractivity (Wildman–Crippen MR) is 113 cm³/mol. The predicted octanol–water partition coefficient (Wildman–Crippen LogP) is 2.19. The fourth-order valence-electron chi connectivity index (χ4n) is 4.56. The molecule has 1 saturated heterocycles. The molecule has 0 spiro atoms. The standard InChI is InChI=1S/C21H29N3O3.CH2O2/c25-19(26)11-16-8-9-17(24(16)13-14-6-7-14)12-23-21(27)18-5-1-3-15-4-2-10-22-20(15)18;2-1-3/h1,3,5,14,16-17,22H,2,4,6-13H2,(H,23,27)(H,25,26);1H,(H,2,3)/t16-,17+;/m1./s1. The van der Waals surface area contributed by atoms with Crippen molar-refractivity contribution < 1.29 is 24.6 Å². The molecule has 0 bridgehead atoms. The Kier molecular flexibility index (Phi) is 7.68. The molecule has 1 amide bonds. The number of nitrogens with one attached hydrogen (secondary N) is 2. The van der Waals surface area contributed by atoms with Crippen LogP contribution in [-0.4, -0.2) is 65.2 Å². The number of carbonyl (C=O) groups excluding carboxylic acids is 1. The van der Waals surface area contributed by atoms with Crippen LogP contribution in [0.15, 0.2) is 18.2 Å². The third kappa shape index (κ3) is 5.72. The van der Waals surface area contributed by atoms with Crippen LogP contribution in [0.1, 0.15) is 54.4 Å². The highest BCUT2D eigenvalue weighted by Crippen LogP contribution is 2.35.